The van der Waals surface area contributed by atoms with Gasteiger partial charge in [0, 0.05) is 17.1 Å². The fourth-order valence-corrected chi connectivity index (χ4v) is 3.43. The highest BCUT2D eigenvalue weighted by Crippen LogP contribution is 2.28. The number of aromatic nitrogens is 2. The van der Waals surface area contributed by atoms with Crippen LogP contribution in [0.1, 0.15) is 10.5 Å². The lowest BCUT2D eigenvalue weighted by Gasteiger charge is -2.14. The summed E-state index contributed by atoms with van der Waals surface area (Å²) in [5, 5.41) is 7.51. The van der Waals surface area contributed by atoms with Gasteiger partial charge in [-0.15, -0.1) is 0 Å². The minimum absolute atomic E-state index is 0.00137. The average molecular weight is 454 g/mol. The summed E-state index contributed by atoms with van der Waals surface area (Å²) in [6.07, 6.45) is 0. The Bertz CT molecular complexity index is 1400. The molecule has 1 aromatic heterocycles. The van der Waals surface area contributed by atoms with Crippen LogP contribution in [-0.4, -0.2) is 29.9 Å². The van der Waals surface area contributed by atoms with Gasteiger partial charge in [-0.3, -0.25) is 9.59 Å². The van der Waals surface area contributed by atoms with Gasteiger partial charge in [-0.1, -0.05) is 29.8 Å². The van der Waals surface area contributed by atoms with Gasteiger partial charge in [-0.2, -0.15) is 9.78 Å². The Kier molecular flexibility index (Phi) is 5.79. The molecular formula is C23H17ClFN3O4. The van der Waals surface area contributed by atoms with Gasteiger partial charge < -0.3 is 14.8 Å². The van der Waals surface area contributed by atoms with Crippen LogP contribution < -0.4 is 20.3 Å². The molecule has 0 saturated heterocycles. The van der Waals surface area contributed by atoms with E-state index in [4.69, 9.17) is 21.1 Å². The van der Waals surface area contributed by atoms with E-state index in [0.29, 0.717) is 28.0 Å². The van der Waals surface area contributed by atoms with Crippen molar-refractivity contribution >= 4 is 34.0 Å². The van der Waals surface area contributed by atoms with Crippen molar-refractivity contribution in [2.45, 2.75) is 0 Å². The molecule has 0 aliphatic carbocycles. The molecule has 1 heterocycles. The number of halogens is 2. The van der Waals surface area contributed by atoms with Crippen molar-refractivity contribution in [3.63, 3.8) is 0 Å². The van der Waals surface area contributed by atoms with Crippen LogP contribution in [0.2, 0.25) is 5.02 Å². The van der Waals surface area contributed by atoms with Crippen molar-refractivity contribution < 1.29 is 18.7 Å². The van der Waals surface area contributed by atoms with E-state index in [-0.39, 0.29) is 16.4 Å². The Balaban J connectivity index is 1.88. The SMILES string of the molecule is COc1ccc(-n2nc(C(=O)Nc3ccc(F)c(Cl)c3)c3ccccc3c2=O)c(OC)c1. The number of methoxy groups -OCH3 is 2. The first-order valence-corrected chi connectivity index (χ1v) is 9.81. The van der Waals surface area contributed by atoms with Crippen molar-refractivity contribution in [3.05, 3.63) is 87.6 Å². The van der Waals surface area contributed by atoms with E-state index in [0.717, 1.165) is 10.7 Å². The van der Waals surface area contributed by atoms with E-state index in [2.05, 4.69) is 10.4 Å². The van der Waals surface area contributed by atoms with Gasteiger partial charge in [0.15, 0.2) is 5.69 Å². The van der Waals surface area contributed by atoms with Crippen LogP contribution >= 0.6 is 11.6 Å². The monoisotopic (exact) mass is 453 g/mol. The van der Waals surface area contributed by atoms with Crippen LogP contribution in [0, 0.1) is 5.82 Å². The largest absolute Gasteiger partial charge is 0.497 e. The third kappa shape index (κ3) is 3.88. The number of rotatable bonds is 5. The number of carbonyl (C=O) groups excluding carboxylic acids is 1. The molecule has 0 aliphatic rings. The molecule has 0 atom stereocenters. The fourth-order valence-electron chi connectivity index (χ4n) is 3.24. The van der Waals surface area contributed by atoms with Crippen molar-refractivity contribution in [1.29, 1.82) is 0 Å². The normalized spacial score (nSPS) is 10.8. The van der Waals surface area contributed by atoms with Gasteiger partial charge in [0.2, 0.25) is 0 Å². The lowest BCUT2D eigenvalue weighted by Crippen LogP contribution is -2.26. The van der Waals surface area contributed by atoms with Crippen molar-refractivity contribution in [1.82, 2.24) is 9.78 Å². The molecule has 32 heavy (non-hydrogen) atoms. The molecule has 4 rings (SSSR count). The number of hydrogen-bond acceptors (Lipinski definition) is 5. The number of nitrogens with one attached hydrogen (secondary N) is 1. The molecule has 0 radical (unpaired) electrons. The summed E-state index contributed by atoms with van der Waals surface area (Å²) in [6, 6.07) is 15.3. The number of benzene rings is 3. The maximum Gasteiger partial charge on any atom is 0.279 e. The molecule has 0 aliphatic heterocycles. The zero-order chi connectivity index (χ0) is 22.8. The van der Waals surface area contributed by atoms with Crippen LogP contribution in [0.3, 0.4) is 0 Å². The van der Waals surface area contributed by atoms with Gasteiger partial charge in [-0.25, -0.2) is 4.39 Å². The van der Waals surface area contributed by atoms with Gasteiger partial charge in [0.05, 0.1) is 24.6 Å². The summed E-state index contributed by atoms with van der Waals surface area (Å²) in [7, 11) is 2.97. The van der Waals surface area contributed by atoms with Crippen molar-refractivity contribution in [2.75, 3.05) is 19.5 Å². The summed E-state index contributed by atoms with van der Waals surface area (Å²) in [5.74, 6) is -0.324. The Morgan fingerprint density at radius 1 is 1.03 bits per heavy atom. The van der Waals surface area contributed by atoms with E-state index in [1.165, 1.54) is 26.4 Å². The lowest BCUT2D eigenvalue weighted by molar-refractivity contribution is 0.102. The summed E-state index contributed by atoms with van der Waals surface area (Å²) < 4.78 is 25.2. The molecule has 7 nitrogen and oxygen atoms in total. The van der Waals surface area contributed by atoms with E-state index in [9.17, 15) is 14.0 Å². The highest BCUT2D eigenvalue weighted by atomic mass is 35.5. The third-order valence-electron chi connectivity index (χ3n) is 4.81. The van der Waals surface area contributed by atoms with Gasteiger partial charge in [0.1, 0.15) is 23.0 Å². The maximum atomic E-state index is 13.5. The summed E-state index contributed by atoms with van der Waals surface area (Å²) >= 11 is 5.81. The maximum absolute atomic E-state index is 13.5. The fraction of sp³-hybridized carbons (Fsp3) is 0.0870. The minimum Gasteiger partial charge on any atom is -0.497 e. The van der Waals surface area contributed by atoms with E-state index in [1.54, 1.807) is 42.5 Å². The summed E-state index contributed by atoms with van der Waals surface area (Å²) in [5.41, 5.74) is 0.193. The zero-order valence-corrected chi connectivity index (χ0v) is 17.8. The Hall–Kier alpha value is -3.91. The average Bonchev–Trinajstić information content (AvgIpc) is 2.81. The van der Waals surface area contributed by atoms with E-state index < -0.39 is 17.3 Å². The molecule has 162 valence electrons. The highest BCUT2D eigenvalue weighted by molar-refractivity contribution is 6.31. The highest BCUT2D eigenvalue weighted by Gasteiger charge is 2.20. The Morgan fingerprint density at radius 2 is 1.78 bits per heavy atom. The predicted molar refractivity (Wildman–Crippen MR) is 120 cm³/mol. The van der Waals surface area contributed by atoms with Crippen LogP contribution in [0.25, 0.3) is 16.5 Å². The molecule has 9 heteroatoms. The van der Waals surface area contributed by atoms with E-state index in [1.807, 2.05) is 0 Å². The quantitative estimate of drug-likeness (QED) is 0.483. The smallest absolute Gasteiger partial charge is 0.279 e. The lowest BCUT2D eigenvalue weighted by atomic mass is 10.1. The first-order valence-electron chi connectivity index (χ1n) is 9.44. The molecule has 0 unspecified atom stereocenters. The third-order valence-corrected chi connectivity index (χ3v) is 5.10. The molecule has 0 bridgehead atoms. The van der Waals surface area contributed by atoms with Crippen molar-refractivity contribution in [2.24, 2.45) is 0 Å². The van der Waals surface area contributed by atoms with Gasteiger partial charge in [-0.05, 0) is 36.4 Å². The molecular weight excluding hydrogens is 437 g/mol. The zero-order valence-electron chi connectivity index (χ0n) is 17.1. The Labute approximate surface area is 187 Å². The molecule has 0 spiro atoms. The van der Waals surface area contributed by atoms with Crippen LogP contribution in [0.4, 0.5) is 10.1 Å². The van der Waals surface area contributed by atoms with Crippen LogP contribution in [0.15, 0.2) is 65.5 Å². The first kappa shape index (κ1) is 21.3. The van der Waals surface area contributed by atoms with E-state index >= 15 is 0 Å². The molecule has 1 N–H and O–H groups in total. The molecule has 1 amide bonds. The summed E-state index contributed by atoms with van der Waals surface area (Å²) in [4.78, 5) is 26.3. The van der Waals surface area contributed by atoms with Gasteiger partial charge >= 0.3 is 0 Å². The second kappa shape index (κ2) is 8.68. The minimum atomic E-state index is -0.603. The first-order chi connectivity index (χ1) is 15.4. The molecule has 0 saturated carbocycles. The molecule has 0 fully saturated rings. The second-order valence-corrected chi connectivity index (χ2v) is 7.14. The molecule has 4 aromatic rings. The number of carbonyl (C=O) groups is 1. The number of fused-ring (bicyclic) bond motifs is 1. The number of nitrogens with zero attached hydrogens (tertiary/aromatic N) is 2. The topological polar surface area (TPSA) is 82.5 Å². The van der Waals surface area contributed by atoms with Crippen molar-refractivity contribution in [3.8, 4) is 17.2 Å². The second-order valence-electron chi connectivity index (χ2n) is 6.73. The number of amides is 1. The number of ether oxygens (including phenoxy) is 2. The number of hydrogen-bond donors (Lipinski definition) is 1. The summed E-state index contributed by atoms with van der Waals surface area (Å²) in [6.45, 7) is 0. The van der Waals surface area contributed by atoms with Crippen LogP contribution in [0.5, 0.6) is 11.5 Å². The molecule has 3 aromatic carbocycles. The van der Waals surface area contributed by atoms with Crippen LogP contribution in [-0.2, 0) is 0 Å². The number of anilines is 1. The van der Waals surface area contributed by atoms with Gasteiger partial charge in [0.25, 0.3) is 11.5 Å². The Morgan fingerprint density at radius 3 is 2.47 bits per heavy atom. The standard InChI is InChI=1S/C23H17ClFN3O4/c1-31-14-8-10-19(20(12-14)32-2)28-23(30)16-6-4-3-5-15(16)21(27-28)22(29)26-13-7-9-18(25)17(24)11-13/h3-12H,1-2H3,(H,26,29). The predicted octanol–water partition coefficient (Wildman–Crippen LogP) is 4.45.